The molecule has 1 aromatic carbocycles. The van der Waals surface area contributed by atoms with Crippen molar-refractivity contribution in [2.24, 2.45) is 5.16 Å². The minimum atomic E-state index is 0. The summed E-state index contributed by atoms with van der Waals surface area (Å²) in [5.74, 6) is 0. The van der Waals surface area contributed by atoms with Gasteiger partial charge in [-0.05, 0) is 5.56 Å². The van der Waals surface area contributed by atoms with Crippen LogP contribution < -0.4 is 29.6 Å². The van der Waals surface area contributed by atoms with Crippen LogP contribution in [-0.2, 0) is 0 Å². The Hall–Kier alpha value is -0.310. The molecule has 0 aliphatic carbocycles. The van der Waals surface area contributed by atoms with Crippen LogP contribution in [0, 0.1) is 5.21 Å². The normalized spacial score (nSPS) is 9.20. The van der Waals surface area contributed by atoms with Gasteiger partial charge in [0, 0.05) is 6.21 Å². The molecule has 2 nitrogen and oxygen atoms in total. The van der Waals surface area contributed by atoms with Crippen molar-refractivity contribution in [3.05, 3.63) is 41.1 Å². The molecule has 0 atom stereocenters. The van der Waals surface area contributed by atoms with Crippen molar-refractivity contribution in [3.63, 3.8) is 0 Å². The molecule has 0 radical (unpaired) electrons. The summed E-state index contributed by atoms with van der Waals surface area (Å²) in [6.07, 6.45) is 1.28. The molecule has 0 saturated heterocycles. The van der Waals surface area contributed by atoms with Crippen molar-refractivity contribution in [3.8, 4) is 0 Å². The van der Waals surface area contributed by atoms with Crippen molar-refractivity contribution < 1.29 is 29.6 Å². The summed E-state index contributed by atoms with van der Waals surface area (Å²) in [4.78, 5) is 0. The van der Waals surface area contributed by atoms with E-state index in [-0.39, 0.29) is 29.6 Å². The van der Waals surface area contributed by atoms with Gasteiger partial charge in [0.2, 0.25) is 0 Å². The molecule has 0 unspecified atom stereocenters. The third-order valence-corrected chi connectivity index (χ3v) is 1.00. The maximum atomic E-state index is 9.67. The SMILES string of the molecule is [Na+].[O-]/N=C/c1ccccc1. The van der Waals surface area contributed by atoms with Crippen molar-refractivity contribution >= 4 is 6.21 Å². The van der Waals surface area contributed by atoms with E-state index in [9.17, 15) is 5.21 Å². The van der Waals surface area contributed by atoms with Gasteiger partial charge < -0.3 is 10.4 Å². The fourth-order valence-electron chi connectivity index (χ4n) is 0.600. The Morgan fingerprint density at radius 3 is 2.30 bits per heavy atom. The Kier molecular flexibility index (Phi) is 5.30. The van der Waals surface area contributed by atoms with Gasteiger partial charge in [-0.15, -0.1) is 0 Å². The maximum absolute atomic E-state index is 9.67. The molecule has 0 heterocycles. The van der Waals surface area contributed by atoms with Crippen LogP contribution in [0.2, 0.25) is 0 Å². The van der Waals surface area contributed by atoms with Crippen LogP contribution in [0.25, 0.3) is 0 Å². The van der Waals surface area contributed by atoms with Crippen molar-refractivity contribution in [1.29, 1.82) is 0 Å². The summed E-state index contributed by atoms with van der Waals surface area (Å²) in [6.45, 7) is 0. The predicted octanol–water partition coefficient (Wildman–Crippen LogP) is -1.39. The van der Waals surface area contributed by atoms with Crippen LogP contribution in [0.4, 0.5) is 0 Å². The quantitative estimate of drug-likeness (QED) is 0.271. The second kappa shape index (κ2) is 5.47. The average Bonchev–Trinajstić information content (AvgIpc) is 1.91. The van der Waals surface area contributed by atoms with E-state index in [1.165, 1.54) is 6.21 Å². The Morgan fingerprint density at radius 2 is 1.80 bits per heavy atom. The predicted molar refractivity (Wildman–Crippen MR) is 37.4 cm³/mol. The smallest absolute Gasteiger partial charge is 0.792 e. The first-order valence-corrected chi connectivity index (χ1v) is 2.64. The zero-order valence-electron chi connectivity index (χ0n) is 5.82. The molecule has 0 saturated carbocycles. The molecule has 10 heavy (non-hydrogen) atoms. The van der Waals surface area contributed by atoms with E-state index < -0.39 is 0 Å². The zero-order valence-corrected chi connectivity index (χ0v) is 7.82. The molecule has 0 spiro atoms. The summed E-state index contributed by atoms with van der Waals surface area (Å²) in [5.41, 5.74) is 0.840. The summed E-state index contributed by atoms with van der Waals surface area (Å²) in [7, 11) is 0. The molecular formula is C7H6NNaO. The van der Waals surface area contributed by atoms with Crippen LogP contribution in [0.15, 0.2) is 35.5 Å². The molecule has 46 valence electrons. The van der Waals surface area contributed by atoms with Gasteiger partial charge in [-0.25, -0.2) is 0 Å². The van der Waals surface area contributed by atoms with Gasteiger partial charge in [0.1, 0.15) is 0 Å². The number of rotatable bonds is 1. The van der Waals surface area contributed by atoms with Crippen molar-refractivity contribution in [2.75, 3.05) is 0 Å². The second-order valence-corrected chi connectivity index (χ2v) is 1.65. The van der Waals surface area contributed by atoms with E-state index in [1.54, 1.807) is 0 Å². The topological polar surface area (TPSA) is 35.4 Å². The Balaban J connectivity index is 0.000000810. The summed E-state index contributed by atoms with van der Waals surface area (Å²) in [6, 6.07) is 9.25. The minimum absolute atomic E-state index is 0. The van der Waals surface area contributed by atoms with Crippen LogP contribution in [0.1, 0.15) is 5.56 Å². The van der Waals surface area contributed by atoms with Crippen LogP contribution in [0.5, 0.6) is 0 Å². The third-order valence-electron chi connectivity index (χ3n) is 1.00. The van der Waals surface area contributed by atoms with Gasteiger partial charge in [0.05, 0.1) is 0 Å². The first-order chi connectivity index (χ1) is 4.43. The Morgan fingerprint density at radius 1 is 1.20 bits per heavy atom. The van der Waals surface area contributed by atoms with E-state index in [1.807, 2.05) is 30.3 Å². The third kappa shape index (κ3) is 3.01. The summed E-state index contributed by atoms with van der Waals surface area (Å²) in [5, 5.41) is 12.3. The molecule has 1 aromatic rings. The zero-order chi connectivity index (χ0) is 6.53. The molecule has 0 N–H and O–H groups in total. The number of hydrogen-bond donors (Lipinski definition) is 0. The molecule has 0 aliphatic heterocycles. The monoisotopic (exact) mass is 143 g/mol. The molecule has 0 amide bonds. The van der Waals surface area contributed by atoms with Crippen LogP contribution >= 0.6 is 0 Å². The molecule has 0 bridgehead atoms. The van der Waals surface area contributed by atoms with Gasteiger partial charge in [0.25, 0.3) is 0 Å². The maximum Gasteiger partial charge on any atom is 1.00 e. The first-order valence-electron chi connectivity index (χ1n) is 2.64. The number of hydrogen-bond acceptors (Lipinski definition) is 2. The van der Waals surface area contributed by atoms with Gasteiger partial charge >= 0.3 is 29.6 Å². The average molecular weight is 143 g/mol. The molecule has 1 rings (SSSR count). The number of nitrogens with zero attached hydrogens (tertiary/aromatic N) is 1. The van der Waals surface area contributed by atoms with Gasteiger partial charge in [-0.2, -0.15) is 0 Å². The minimum Gasteiger partial charge on any atom is -0.792 e. The van der Waals surface area contributed by atoms with Gasteiger partial charge in [-0.1, -0.05) is 30.3 Å². The standard InChI is InChI=1S/C7H7NO.Na/c9-8-6-7-4-2-1-3-5-7;/h1-6,9H;/q;+1/p-1/b8-6+;. The number of benzene rings is 1. The largest absolute Gasteiger partial charge is 1.00 e. The molecule has 0 aliphatic rings. The van der Waals surface area contributed by atoms with Crippen molar-refractivity contribution in [2.45, 2.75) is 0 Å². The fourth-order valence-corrected chi connectivity index (χ4v) is 0.600. The van der Waals surface area contributed by atoms with Gasteiger partial charge in [-0.3, -0.25) is 0 Å². The van der Waals surface area contributed by atoms with Crippen molar-refractivity contribution in [1.82, 2.24) is 0 Å². The fraction of sp³-hybridized carbons (Fsp3) is 0. The second-order valence-electron chi connectivity index (χ2n) is 1.65. The summed E-state index contributed by atoms with van der Waals surface area (Å²) < 4.78 is 0. The Labute approximate surface area is 81.9 Å². The van der Waals surface area contributed by atoms with Crippen LogP contribution in [0.3, 0.4) is 0 Å². The van der Waals surface area contributed by atoms with E-state index in [0.29, 0.717) is 0 Å². The van der Waals surface area contributed by atoms with E-state index in [2.05, 4.69) is 5.16 Å². The van der Waals surface area contributed by atoms with Crippen LogP contribution in [-0.4, -0.2) is 6.21 Å². The Bertz CT molecular complexity index is 198. The van der Waals surface area contributed by atoms with Gasteiger partial charge in [0.15, 0.2) is 0 Å². The molecular weight excluding hydrogens is 137 g/mol. The van der Waals surface area contributed by atoms with E-state index in [4.69, 9.17) is 0 Å². The van der Waals surface area contributed by atoms with E-state index >= 15 is 0 Å². The molecule has 3 heteroatoms. The summed E-state index contributed by atoms with van der Waals surface area (Å²) >= 11 is 0. The molecule has 0 fully saturated rings. The first kappa shape index (κ1) is 9.69. The van der Waals surface area contributed by atoms with E-state index in [0.717, 1.165) is 5.56 Å². The molecule has 0 aromatic heterocycles.